The predicted molar refractivity (Wildman–Crippen MR) is 279 cm³/mol. The summed E-state index contributed by atoms with van der Waals surface area (Å²) in [6.07, 6.45) is 1.95. The number of rotatable bonds is 8. The van der Waals surface area contributed by atoms with Crippen LogP contribution in [0.5, 0.6) is 0 Å². The fourth-order valence-electron chi connectivity index (χ4n) is 9.14. The van der Waals surface area contributed by atoms with E-state index in [9.17, 15) is 0 Å². The topological polar surface area (TPSA) is 52.0 Å². The van der Waals surface area contributed by atoms with Gasteiger partial charge in [0.05, 0.1) is 22.4 Å². The summed E-state index contributed by atoms with van der Waals surface area (Å²) in [5.41, 5.74) is 13.0. The lowest BCUT2D eigenvalue weighted by Gasteiger charge is -2.42. The quantitative estimate of drug-likeness (QED) is 0.141. The van der Waals surface area contributed by atoms with Crippen LogP contribution >= 0.6 is 11.8 Å². The Bertz CT molecular complexity index is 2850. The van der Waals surface area contributed by atoms with Gasteiger partial charge in [-0.15, -0.1) is 0 Å². The third-order valence-corrected chi connectivity index (χ3v) is 13.7. The molecule has 4 heterocycles. The Morgan fingerprint density at radius 1 is 0.569 bits per heavy atom. The summed E-state index contributed by atoms with van der Waals surface area (Å²) in [5, 5.41) is 1.99. The molecule has 1 saturated heterocycles. The molecule has 0 spiro atoms. The Hall–Kier alpha value is -4.93. The Morgan fingerprint density at radius 3 is 1.88 bits per heavy atom. The molecular weight excluding hydrogens is 817 g/mol. The highest BCUT2D eigenvalue weighted by molar-refractivity contribution is 7.97. The molecule has 9 rings (SSSR count). The van der Waals surface area contributed by atoms with E-state index >= 15 is 0 Å². The Kier molecular flexibility index (Phi) is 11.9. The van der Waals surface area contributed by atoms with Crippen molar-refractivity contribution >= 4 is 83.1 Å². The molecule has 0 saturated carbocycles. The zero-order valence-corrected chi connectivity index (χ0v) is 41.2. The molecule has 0 amide bonds. The molecule has 2 aliphatic rings. The van der Waals surface area contributed by atoms with Crippen molar-refractivity contribution in [1.82, 2.24) is 9.55 Å². The van der Waals surface area contributed by atoms with Gasteiger partial charge in [-0.3, -0.25) is 4.57 Å². The Labute approximate surface area is 392 Å². The lowest BCUT2D eigenvalue weighted by atomic mass is 9.50. The molecule has 2 aromatic heterocycles. The fraction of sp³-hybridized carbons (Fsp3) is 0.352. The van der Waals surface area contributed by atoms with Crippen molar-refractivity contribution in [1.29, 1.82) is 0 Å². The van der Waals surface area contributed by atoms with E-state index < -0.39 is 21.4 Å². The van der Waals surface area contributed by atoms with Crippen molar-refractivity contribution in [3.8, 4) is 5.82 Å². The summed E-state index contributed by atoms with van der Waals surface area (Å²) >= 11 is 1.95. The van der Waals surface area contributed by atoms with E-state index in [4.69, 9.17) is 18.7 Å². The van der Waals surface area contributed by atoms with Crippen molar-refractivity contribution in [3.63, 3.8) is 0 Å². The monoisotopic (exact) mass is 880 g/mol. The second-order valence-electron chi connectivity index (χ2n) is 22.1. The SMILES string of the molecule is CC(C)(C)B1OB(c2cccc(C(C)(C)C)c2N2CN(c3cccc(CSCc4ccc5c6ccccc6n(-c6cc(C(C)(C)C)ccn6)c5c4)c3)c3ccccc32)OB(C(C)(C)C)O1. The number of para-hydroxylation sites is 4. The van der Waals surface area contributed by atoms with Gasteiger partial charge in [0.25, 0.3) is 0 Å². The number of thioether (sulfide) groups is 1. The molecule has 1 fully saturated rings. The number of benzene rings is 5. The first-order valence-electron chi connectivity index (χ1n) is 23.2. The molecular formula is C54H63B3N4O3S. The van der Waals surface area contributed by atoms with E-state index in [1.807, 2.05) is 18.0 Å². The van der Waals surface area contributed by atoms with E-state index in [1.165, 1.54) is 55.4 Å². The molecule has 0 atom stereocenters. The summed E-state index contributed by atoms with van der Waals surface area (Å²) in [6.45, 7) is 27.3. The van der Waals surface area contributed by atoms with Gasteiger partial charge >= 0.3 is 21.4 Å². The first-order chi connectivity index (χ1) is 30.8. The molecule has 65 heavy (non-hydrogen) atoms. The number of anilines is 4. The van der Waals surface area contributed by atoms with Gasteiger partial charge in [-0.05, 0) is 92.2 Å². The third-order valence-electron chi connectivity index (χ3n) is 12.6. The predicted octanol–water partition coefficient (Wildman–Crippen LogP) is 13.8. The maximum absolute atomic E-state index is 6.80. The number of hydrogen-bond donors (Lipinski definition) is 0. The Morgan fingerprint density at radius 2 is 1.20 bits per heavy atom. The highest BCUT2D eigenvalue weighted by atomic mass is 32.2. The lowest BCUT2D eigenvalue weighted by molar-refractivity contribution is 0.250. The van der Waals surface area contributed by atoms with Gasteiger partial charge in [-0.1, -0.05) is 156 Å². The van der Waals surface area contributed by atoms with Crippen molar-refractivity contribution < 1.29 is 13.7 Å². The summed E-state index contributed by atoms with van der Waals surface area (Å²) in [4.78, 5) is 9.82. The van der Waals surface area contributed by atoms with Gasteiger partial charge in [-0.2, -0.15) is 11.8 Å². The van der Waals surface area contributed by atoms with E-state index in [0.717, 1.165) is 34.2 Å². The molecule has 11 heteroatoms. The average Bonchev–Trinajstić information content (AvgIpc) is 3.81. The van der Waals surface area contributed by atoms with Crippen LogP contribution in [-0.2, 0) is 36.1 Å². The summed E-state index contributed by atoms with van der Waals surface area (Å²) in [7, 11) is -1.50. The van der Waals surface area contributed by atoms with Gasteiger partial charge < -0.3 is 23.5 Å². The van der Waals surface area contributed by atoms with Crippen molar-refractivity contribution in [2.45, 2.75) is 116 Å². The van der Waals surface area contributed by atoms with Gasteiger partial charge in [0.1, 0.15) is 12.5 Å². The minimum atomic E-state index is -0.614. The van der Waals surface area contributed by atoms with Crippen molar-refractivity contribution in [3.05, 3.63) is 150 Å². The molecule has 2 aliphatic heterocycles. The third kappa shape index (κ3) is 9.02. The van der Waals surface area contributed by atoms with Crippen LogP contribution in [0, 0.1) is 0 Å². The van der Waals surface area contributed by atoms with E-state index in [2.05, 4.69) is 219 Å². The Balaban J connectivity index is 0.999. The zero-order chi connectivity index (χ0) is 46.1. The second kappa shape index (κ2) is 17.1. The minimum Gasteiger partial charge on any atom is -0.452 e. The molecule has 7 aromatic rings. The highest BCUT2D eigenvalue weighted by Gasteiger charge is 2.52. The normalized spacial score (nSPS) is 15.2. The average molecular weight is 881 g/mol. The molecule has 0 N–H and O–H groups in total. The van der Waals surface area contributed by atoms with Crippen LogP contribution in [0.4, 0.5) is 22.7 Å². The minimum absolute atomic E-state index is 0.0245. The van der Waals surface area contributed by atoms with Gasteiger partial charge in [0.2, 0.25) is 0 Å². The van der Waals surface area contributed by atoms with Crippen LogP contribution in [-0.4, -0.2) is 37.6 Å². The summed E-state index contributed by atoms with van der Waals surface area (Å²) in [5.74, 6) is 2.74. The zero-order valence-electron chi connectivity index (χ0n) is 40.4. The molecule has 0 aliphatic carbocycles. The molecule has 7 nitrogen and oxygen atoms in total. The maximum Gasteiger partial charge on any atom is 0.468 e. The van der Waals surface area contributed by atoms with E-state index in [1.54, 1.807) is 0 Å². The van der Waals surface area contributed by atoms with E-state index in [0.29, 0.717) is 6.67 Å². The highest BCUT2D eigenvalue weighted by Crippen LogP contribution is 2.47. The molecule has 0 bridgehead atoms. The fourth-order valence-corrected chi connectivity index (χ4v) is 10.1. The van der Waals surface area contributed by atoms with Crippen LogP contribution in [0.2, 0.25) is 10.6 Å². The number of nitrogens with zero attached hydrogens (tertiary/aromatic N) is 4. The molecule has 0 radical (unpaired) electrons. The van der Waals surface area contributed by atoms with Crippen LogP contribution in [0.1, 0.15) is 105 Å². The second-order valence-corrected chi connectivity index (χ2v) is 23.1. The number of pyridine rings is 1. The van der Waals surface area contributed by atoms with Crippen LogP contribution in [0.15, 0.2) is 128 Å². The van der Waals surface area contributed by atoms with Gasteiger partial charge in [-0.25, -0.2) is 4.98 Å². The van der Waals surface area contributed by atoms with Crippen LogP contribution in [0.25, 0.3) is 27.6 Å². The summed E-state index contributed by atoms with van der Waals surface area (Å²) < 4.78 is 22.5. The molecule has 5 aromatic carbocycles. The van der Waals surface area contributed by atoms with Crippen LogP contribution < -0.4 is 15.3 Å². The van der Waals surface area contributed by atoms with Gasteiger partial charge in [0, 0.05) is 45.3 Å². The first kappa shape index (κ1) is 45.2. The maximum atomic E-state index is 6.80. The van der Waals surface area contributed by atoms with Crippen molar-refractivity contribution in [2.75, 3.05) is 16.5 Å². The molecule has 332 valence electrons. The van der Waals surface area contributed by atoms with Crippen molar-refractivity contribution in [2.24, 2.45) is 0 Å². The van der Waals surface area contributed by atoms with Gasteiger partial charge in [0.15, 0.2) is 0 Å². The van der Waals surface area contributed by atoms with E-state index in [-0.39, 0.29) is 21.5 Å². The number of hydrogen-bond acceptors (Lipinski definition) is 7. The largest absolute Gasteiger partial charge is 0.468 e. The standard InChI is InChI=1S/C54H63B3N4O3S/c1-51(2,3)39-29-30-58-49(33-39)61-45-24-14-13-21-41(45)42-28-27-38(32-48(42)61)35-65-34-37-19-17-20-40(31-37)59-36-60(47-26-16-15-25-46(47)59)50-43(52(4,5)6)22-18-23-44(50)55-62-56(53(7,8)9)64-57(63-55)54(10,11)12/h13-33H,34-36H2,1-12H3. The lowest BCUT2D eigenvalue weighted by Crippen LogP contribution is -2.59. The number of fused-ring (bicyclic) bond motifs is 4. The molecule has 0 unspecified atom stereocenters. The first-order valence-corrected chi connectivity index (χ1v) is 24.3. The number of aromatic nitrogens is 2. The van der Waals surface area contributed by atoms with Crippen LogP contribution in [0.3, 0.4) is 0 Å². The summed E-state index contributed by atoms with van der Waals surface area (Å²) in [6, 6.07) is 44.5. The smallest absolute Gasteiger partial charge is 0.452 e.